The van der Waals surface area contributed by atoms with Gasteiger partial charge in [-0.3, -0.25) is 0 Å². The van der Waals surface area contributed by atoms with Gasteiger partial charge in [0.15, 0.2) is 0 Å². The largest absolute Gasteiger partial charge is 0.397 e. The third-order valence-electron chi connectivity index (χ3n) is 2.32. The minimum absolute atomic E-state index is 0.228. The number of aromatic nitrogens is 1. The molecule has 0 unspecified atom stereocenters. The molecule has 6 heteroatoms. The number of anilines is 1. The molecular formula is C12H6Cl3N3. The monoisotopic (exact) mass is 297 g/mol. The van der Waals surface area contributed by atoms with Gasteiger partial charge in [-0.1, -0.05) is 34.8 Å². The molecular weight excluding hydrogens is 293 g/mol. The number of nitriles is 1. The first kappa shape index (κ1) is 13.0. The quantitative estimate of drug-likeness (QED) is 0.804. The Morgan fingerprint density at radius 2 is 1.72 bits per heavy atom. The Hall–Kier alpha value is -1.47. The minimum Gasteiger partial charge on any atom is -0.397 e. The Morgan fingerprint density at radius 1 is 1.06 bits per heavy atom. The number of halogens is 3. The average molecular weight is 299 g/mol. The van der Waals surface area contributed by atoms with Crippen LogP contribution in [-0.2, 0) is 0 Å². The van der Waals surface area contributed by atoms with E-state index in [1.807, 2.05) is 6.07 Å². The highest BCUT2D eigenvalue weighted by atomic mass is 35.5. The Labute approximate surface area is 119 Å². The second-order valence-electron chi connectivity index (χ2n) is 3.46. The van der Waals surface area contributed by atoms with Crippen LogP contribution in [0.15, 0.2) is 24.3 Å². The lowest BCUT2D eigenvalue weighted by atomic mass is 10.1. The predicted molar refractivity (Wildman–Crippen MR) is 73.8 cm³/mol. The van der Waals surface area contributed by atoms with Gasteiger partial charge in [0.2, 0.25) is 0 Å². The molecule has 0 aliphatic heterocycles. The fraction of sp³-hybridized carbons (Fsp3) is 0. The third kappa shape index (κ3) is 2.23. The predicted octanol–water partition coefficient (Wildman–Crippen LogP) is 4.16. The molecule has 18 heavy (non-hydrogen) atoms. The molecule has 0 aliphatic carbocycles. The van der Waals surface area contributed by atoms with Crippen molar-refractivity contribution >= 4 is 40.5 Å². The molecule has 0 atom stereocenters. The Morgan fingerprint density at radius 3 is 2.39 bits per heavy atom. The van der Waals surface area contributed by atoms with E-state index in [0.717, 1.165) is 0 Å². The molecule has 90 valence electrons. The van der Waals surface area contributed by atoms with Crippen molar-refractivity contribution in [1.29, 1.82) is 5.26 Å². The molecule has 1 aromatic heterocycles. The molecule has 2 aromatic rings. The molecule has 0 bridgehead atoms. The van der Waals surface area contributed by atoms with E-state index in [-0.39, 0.29) is 10.7 Å². The summed E-state index contributed by atoms with van der Waals surface area (Å²) in [5.74, 6) is 0. The van der Waals surface area contributed by atoms with Crippen LogP contribution in [0.2, 0.25) is 15.1 Å². The van der Waals surface area contributed by atoms with Crippen molar-refractivity contribution in [3.63, 3.8) is 0 Å². The standard InChI is InChI=1S/C12H6Cl3N3/c13-7-2-3-8(14)11(15)10(7)12-9(17)4-1-6(5-16)18-12/h1-4H,17H2. The second kappa shape index (κ2) is 5.03. The van der Waals surface area contributed by atoms with E-state index < -0.39 is 0 Å². The number of benzene rings is 1. The van der Waals surface area contributed by atoms with Gasteiger partial charge in [-0.05, 0) is 24.3 Å². The van der Waals surface area contributed by atoms with Crippen LogP contribution in [0.4, 0.5) is 5.69 Å². The fourth-order valence-corrected chi connectivity index (χ4v) is 2.18. The molecule has 0 spiro atoms. The highest BCUT2D eigenvalue weighted by Crippen LogP contribution is 2.40. The van der Waals surface area contributed by atoms with E-state index in [1.54, 1.807) is 18.2 Å². The van der Waals surface area contributed by atoms with E-state index >= 15 is 0 Å². The van der Waals surface area contributed by atoms with E-state index in [4.69, 9.17) is 45.8 Å². The van der Waals surface area contributed by atoms with Gasteiger partial charge in [-0.25, -0.2) is 4.98 Å². The normalized spacial score (nSPS) is 10.1. The topological polar surface area (TPSA) is 62.7 Å². The third-order valence-corrected chi connectivity index (χ3v) is 3.44. The Kier molecular flexibility index (Phi) is 3.63. The summed E-state index contributed by atoms with van der Waals surface area (Å²) >= 11 is 18.1. The van der Waals surface area contributed by atoms with Gasteiger partial charge < -0.3 is 5.73 Å². The van der Waals surface area contributed by atoms with Gasteiger partial charge in [0.25, 0.3) is 0 Å². The maximum absolute atomic E-state index is 8.85. The summed E-state index contributed by atoms with van der Waals surface area (Å²) in [6, 6.07) is 8.21. The number of hydrogen-bond acceptors (Lipinski definition) is 3. The SMILES string of the molecule is N#Cc1ccc(N)c(-c2c(Cl)ccc(Cl)c2Cl)n1. The van der Waals surface area contributed by atoms with Crippen molar-refractivity contribution in [3.05, 3.63) is 45.0 Å². The Bertz CT molecular complexity index is 662. The lowest BCUT2D eigenvalue weighted by Gasteiger charge is -2.10. The Balaban J connectivity index is 2.77. The maximum atomic E-state index is 8.85. The second-order valence-corrected chi connectivity index (χ2v) is 4.66. The number of pyridine rings is 1. The molecule has 3 nitrogen and oxygen atoms in total. The number of rotatable bonds is 1. The van der Waals surface area contributed by atoms with Crippen LogP contribution in [0.5, 0.6) is 0 Å². The van der Waals surface area contributed by atoms with Crippen LogP contribution >= 0.6 is 34.8 Å². The number of nitrogens with zero attached hydrogens (tertiary/aromatic N) is 2. The minimum atomic E-state index is 0.228. The maximum Gasteiger partial charge on any atom is 0.141 e. The molecule has 1 heterocycles. The first-order valence-electron chi connectivity index (χ1n) is 4.85. The molecule has 0 fully saturated rings. The summed E-state index contributed by atoms with van der Waals surface area (Å²) < 4.78 is 0. The summed E-state index contributed by atoms with van der Waals surface area (Å²) in [5, 5.41) is 9.83. The fourth-order valence-electron chi connectivity index (χ4n) is 1.48. The lowest BCUT2D eigenvalue weighted by Crippen LogP contribution is -1.97. The summed E-state index contributed by atoms with van der Waals surface area (Å²) in [6.07, 6.45) is 0. The molecule has 0 radical (unpaired) electrons. The van der Waals surface area contributed by atoms with Crippen LogP contribution in [0.1, 0.15) is 5.69 Å². The molecule has 1 aromatic carbocycles. The van der Waals surface area contributed by atoms with Gasteiger partial charge >= 0.3 is 0 Å². The molecule has 0 amide bonds. The highest BCUT2D eigenvalue weighted by Gasteiger charge is 2.16. The van der Waals surface area contributed by atoms with Gasteiger partial charge in [-0.15, -0.1) is 0 Å². The van der Waals surface area contributed by atoms with Gasteiger partial charge in [0.05, 0.1) is 26.4 Å². The summed E-state index contributed by atoms with van der Waals surface area (Å²) in [7, 11) is 0. The van der Waals surface area contributed by atoms with Gasteiger partial charge in [0.1, 0.15) is 11.8 Å². The van der Waals surface area contributed by atoms with Crippen molar-refractivity contribution < 1.29 is 0 Å². The van der Waals surface area contributed by atoms with Crippen molar-refractivity contribution in [1.82, 2.24) is 4.98 Å². The van der Waals surface area contributed by atoms with Crippen LogP contribution in [0.25, 0.3) is 11.3 Å². The highest BCUT2D eigenvalue weighted by molar-refractivity contribution is 6.46. The molecule has 2 rings (SSSR count). The zero-order chi connectivity index (χ0) is 13.3. The zero-order valence-electron chi connectivity index (χ0n) is 8.92. The summed E-state index contributed by atoms with van der Waals surface area (Å²) in [5.41, 5.74) is 7.22. The van der Waals surface area contributed by atoms with Crippen molar-refractivity contribution in [3.8, 4) is 17.3 Å². The first-order chi connectivity index (χ1) is 8.54. The number of nitrogens with two attached hydrogens (primary N) is 1. The molecule has 0 saturated carbocycles. The van der Waals surface area contributed by atoms with Crippen molar-refractivity contribution in [2.24, 2.45) is 0 Å². The van der Waals surface area contributed by atoms with Crippen molar-refractivity contribution in [2.75, 3.05) is 5.73 Å². The van der Waals surface area contributed by atoms with Gasteiger partial charge in [0, 0.05) is 5.56 Å². The van der Waals surface area contributed by atoms with Crippen LogP contribution in [0.3, 0.4) is 0 Å². The summed E-state index contributed by atoms with van der Waals surface area (Å²) in [6.45, 7) is 0. The first-order valence-corrected chi connectivity index (χ1v) is 5.98. The van der Waals surface area contributed by atoms with E-state index in [1.165, 1.54) is 6.07 Å². The van der Waals surface area contributed by atoms with E-state index in [2.05, 4.69) is 4.98 Å². The number of nitrogen functional groups attached to an aromatic ring is 1. The lowest BCUT2D eigenvalue weighted by molar-refractivity contribution is 1.27. The number of hydrogen-bond donors (Lipinski definition) is 1. The van der Waals surface area contributed by atoms with E-state index in [0.29, 0.717) is 27.0 Å². The van der Waals surface area contributed by atoms with E-state index in [9.17, 15) is 0 Å². The van der Waals surface area contributed by atoms with Crippen LogP contribution in [-0.4, -0.2) is 4.98 Å². The van der Waals surface area contributed by atoms with Crippen LogP contribution < -0.4 is 5.73 Å². The molecule has 0 aliphatic rings. The summed E-state index contributed by atoms with van der Waals surface area (Å²) in [4.78, 5) is 4.11. The zero-order valence-corrected chi connectivity index (χ0v) is 11.2. The molecule has 2 N–H and O–H groups in total. The molecule has 0 saturated heterocycles. The van der Waals surface area contributed by atoms with Gasteiger partial charge in [-0.2, -0.15) is 5.26 Å². The van der Waals surface area contributed by atoms with Crippen molar-refractivity contribution in [2.45, 2.75) is 0 Å². The average Bonchev–Trinajstić information content (AvgIpc) is 2.36. The van der Waals surface area contributed by atoms with Crippen LogP contribution in [0, 0.1) is 11.3 Å². The smallest absolute Gasteiger partial charge is 0.141 e.